The molecular weight excluding hydrogens is 277 g/mol. The van der Waals surface area contributed by atoms with Gasteiger partial charge >= 0.3 is 0 Å². The Hall–Kier alpha value is -2.42. The SMILES string of the molecule is CC[C@@H](C)c1ccccc1NC(=O)/C=C/c1cccc(F)c1. The predicted octanol–water partition coefficient (Wildman–Crippen LogP) is 4.99. The average molecular weight is 297 g/mol. The van der Waals surface area contributed by atoms with Crippen LogP contribution in [0.25, 0.3) is 6.08 Å². The van der Waals surface area contributed by atoms with Gasteiger partial charge in [0.05, 0.1) is 0 Å². The van der Waals surface area contributed by atoms with Gasteiger partial charge in [0.2, 0.25) is 5.91 Å². The molecule has 1 atom stereocenters. The number of hydrogen-bond acceptors (Lipinski definition) is 1. The molecular formula is C19H20FNO. The molecule has 2 nitrogen and oxygen atoms in total. The summed E-state index contributed by atoms with van der Waals surface area (Å²) in [5, 5.41) is 2.89. The van der Waals surface area contributed by atoms with Crippen LogP contribution in [0, 0.1) is 5.82 Å². The molecule has 0 spiro atoms. The van der Waals surface area contributed by atoms with E-state index in [1.165, 1.54) is 18.2 Å². The number of carbonyl (C=O) groups excluding carboxylic acids is 1. The Morgan fingerprint density at radius 3 is 2.73 bits per heavy atom. The lowest BCUT2D eigenvalue weighted by atomic mass is 9.97. The van der Waals surface area contributed by atoms with E-state index in [1.54, 1.807) is 18.2 Å². The van der Waals surface area contributed by atoms with Crippen molar-refractivity contribution in [2.24, 2.45) is 0 Å². The van der Waals surface area contributed by atoms with Gasteiger partial charge in [0.1, 0.15) is 5.82 Å². The summed E-state index contributed by atoms with van der Waals surface area (Å²) in [5.74, 6) is -0.159. The second-order valence-electron chi connectivity index (χ2n) is 5.27. The number of carbonyl (C=O) groups is 1. The van der Waals surface area contributed by atoms with Crippen molar-refractivity contribution in [1.82, 2.24) is 0 Å². The third-order valence-corrected chi connectivity index (χ3v) is 3.64. The molecule has 1 N–H and O–H groups in total. The maximum absolute atomic E-state index is 13.1. The second kappa shape index (κ2) is 7.55. The van der Waals surface area contributed by atoms with E-state index in [0.29, 0.717) is 11.5 Å². The van der Waals surface area contributed by atoms with E-state index in [0.717, 1.165) is 17.7 Å². The summed E-state index contributed by atoms with van der Waals surface area (Å²) in [7, 11) is 0. The standard InChI is InChI=1S/C19H20FNO/c1-3-14(2)17-9-4-5-10-18(17)21-19(22)12-11-15-7-6-8-16(20)13-15/h4-14H,3H2,1-2H3,(H,21,22)/b12-11+/t14-/m1/s1. The summed E-state index contributed by atoms with van der Waals surface area (Å²) in [4.78, 5) is 12.0. The van der Waals surface area contributed by atoms with E-state index < -0.39 is 0 Å². The molecule has 2 aromatic carbocycles. The number of halogens is 1. The molecule has 2 rings (SSSR count). The zero-order chi connectivity index (χ0) is 15.9. The highest BCUT2D eigenvalue weighted by Gasteiger charge is 2.09. The van der Waals surface area contributed by atoms with Gasteiger partial charge in [-0.1, -0.05) is 44.2 Å². The van der Waals surface area contributed by atoms with Crippen LogP contribution in [-0.4, -0.2) is 5.91 Å². The van der Waals surface area contributed by atoms with Gasteiger partial charge in [0.25, 0.3) is 0 Å². The average Bonchev–Trinajstić information content (AvgIpc) is 2.53. The molecule has 1 amide bonds. The first-order valence-corrected chi connectivity index (χ1v) is 7.43. The normalized spacial score (nSPS) is 12.3. The van der Waals surface area contributed by atoms with Crippen molar-refractivity contribution in [2.75, 3.05) is 5.32 Å². The molecule has 22 heavy (non-hydrogen) atoms. The minimum absolute atomic E-state index is 0.222. The zero-order valence-corrected chi connectivity index (χ0v) is 12.8. The minimum Gasteiger partial charge on any atom is -0.322 e. The van der Waals surface area contributed by atoms with Gasteiger partial charge in [-0.15, -0.1) is 0 Å². The molecule has 0 unspecified atom stereocenters. The molecule has 0 saturated heterocycles. The number of rotatable bonds is 5. The van der Waals surface area contributed by atoms with E-state index in [4.69, 9.17) is 0 Å². The van der Waals surface area contributed by atoms with Crippen molar-refractivity contribution in [3.8, 4) is 0 Å². The topological polar surface area (TPSA) is 29.1 Å². The first kappa shape index (κ1) is 16.0. The molecule has 0 fully saturated rings. The summed E-state index contributed by atoms with van der Waals surface area (Å²) >= 11 is 0. The van der Waals surface area contributed by atoms with Gasteiger partial charge in [0.15, 0.2) is 0 Å². The fraction of sp³-hybridized carbons (Fsp3) is 0.211. The van der Waals surface area contributed by atoms with Crippen LogP contribution >= 0.6 is 0 Å². The van der Waals surface area contributed by atoms with E-state index in [9.17, 15) is 9.18 Å². The smallest absolute Gasteiger partial charge is 0.248 e. The lowest BCUT2D eigenvalue weighted by Crippen LogP contribution is -2.10. The Morgan fingerprint density at radius 2 is 2.00 bits per heavy atom. The monoisotopic (exact) mass is 297 g/mol. The van der Waals surface area contributed by atoms with Crippen LogP contribution in [0.1, 0.15) is 37.3 Å². The summed E-state index contributed by atoms with van der Waals surface area (Å²) in [6, 6.07) is 13.9. The van der Waals surface area contributed by atoms with Gasteiger partial charge in [-0.2, -0.15) is 0 Å². The maximum atomic E-state index is 13.1. The second-order valence-corrected chi connectivity index (χ2v) is 5.27. The third kappa shape index (κ3) is 4.29. The molecule has 0 aliphatic heterocycles. The minimum atomic E-state index is -0.315. The van der Waals surface area contributed by atoms with Crippen molar-refractivity contribution in [3.05, 3.63) is 71.6 Å². The highest BCUT2D eigenvalue weighted by molar-refractivity contribution is 6.02. The van der Waals surface area contributed by atoms with E-state index in [1.807, 2.05) is 24.3 Å². The fourth-order valence-electron chi connectivity index (χ4n) is 2.22. The molecule has 0 heterocycles. The molecule has 0 aliphatic rings. The Balaban J connectivity index is 2.09. The Kier molecular flexibility index (Phi) is 5.48. The number of para-hydroxylation sites is 1. The molecule has 114 valence electrons. The molecule has 0 radical (unpaired) electrons. The third-order valence-electron chi connectivity index (χ3n) is 3.64. The van der Waals surface area contributed by atoms with Crippen LogP contribution in [0.4, 0.5) is 10.1 Å². The number of benzene rings is 2. The molecule has 0 aromatic heterocycles. The number of hydrogen-bond donors (Lipinski definition) is 1. The van der Waals surface area contributed by atoms with Crippen molar-refractivity contribution >= 4 is 17.7 Å². The molecule has 0 bridgehead atoms. The van der Waals surface area contributed by atoms with Crippen LogP contribution in [0.5, 0.6) is 0 Å². The maximum Gasteiger partial charge on any atom is 0.248 e. The van der Waals surface area contributed by atoms with Crippen molar-refractivity contribution in [3.63, 3.8) is 0 Å². The van der Waals surface area contributed by atoms with E-state index in [-0.39, 0.29) is 11.7 Å². The molecule has 2 aromatic rings. The first-order valence-electron chi connectivity index (χ1n) is 7.43. The summed E-state index contributed by atoms with van der Waals surface area (Å²) < 4.78 is 13.1. The highest BCUT2D eigenvalue weighted by atomic mass is 19.1. The Labute approximate surface area is 130 Å². The van der Waals surface area contributed by atoms with Crippen molar-refractivity contribution in [1.29, 1.82) is 0 Å². The lowest BCUT2D eigenvalue weighted by Gasteiger charge is -2.14. The van der Waals surface area contributed by atoms with Crippen molar-refractivity contribution < 1.29 is 9.18 Å². The van der Waals surface area contributed by atoms with Gasteiger partial charge < -0.3 is 5.32 Å². The van der Waals surface area contributed by atoms with E-state index in [2.05, 4.69) is 19.2 Å². The number of nitrogens with one attached hydrogen (secondary N) is 1. The van der Waals surface area contributed by atoms with Gasteiger partial charge in [0, 0.05) is 11.8 Å². The van der Waals surface area contributed by atoms with Crippen LogP contribution in [0.2, 0.25) is 0 Å². The van der Waals surface area contributed by atoms with Gasteiger partial charge in [-0.25, -0.2) is 4.39 Å². The predicted molar refractivity (Wildman–Crippen MR) is 89.2 cm³/mol. The van der Waals surface area contributed by atoms with Crippen LogP contribution in [0.3, 0.4) is 0 Å². The lowest BCUT2D eigenvalue weighted by molar-refractivity contribution is -0.111. The van der Waals surface area contributed by atoms with Crippen molar-refractivity contribution in [2.45, 2.75) is 26.2 Å². The quantitative estimate of drug-likeness (QED) is 0.774. The Morgan fingerprint density at radius 1 is 1.23 bits per heavy atom. The van der Waals surface area contributed by atoms with Gasteiger partial charge in [-0.05, 0) is 47.7 Å². The van der Waals surface area contributed by atoms with E-state index >= 15 is 0 Å². The first-order chi connectivity index (χ1) is 10.6. The summed E-state index contributed by atoms with van der Waals surface area (Å²) in [5.41, 5.74) is 2.61. The largest absolute Gasteiger partial charge is 0.322 e. The summed E-state index contributed by atoms with van der Waals surface area (Å²) in [6.45, 7) is 4.25. The van der Waals surface area contributed by atoms with Crippen LogP contribution in [-0.2, 0) is 4.79 Å². The Bertz CT molecular complexity index is 679. The molecule has 0 aliphatic carbocycles. The number of anilines is 1. The molecule has 3 heteroatoms. The van der Waals surface area contributed by atoms with Crippen LogP contribution in [0.15, 0.2) is 54.6 Å². The fourth-order valence-corrected chi connectivity index (χ4v) is 2.22. The highest BCUT2D eigenvalue weighted by Crippen LogP contribution is 2.26. The number of amides is 1. The van der Waals surface area contributed by atoms with Crippen LogP contribution < -0.4 is 5.32 Å². The zero-order valence-electron chi connectivity index (χ0n) is 12.8. The summed E-state index contributed by atoms with van der Waals surface area (Å²) in [6.07, 6.45) is 4.03. The molecule has 0 saturated carbocycles. The van der Waals surface area contributed by atoms with Gasteiger partial charge in [-0.3, -0.25) is 4.79 Å².